The lowest BCUT2D eigenvalue weighted by molar-refractivity contribution is -0.120. The molecule has 1 saturated carbocycles. The average molecular weight is 261 g/mol. The van der Waals surface area contributed by atoms with E-state index in [1.54, 1.807) is 30.1 Å². The summed E-state index contributed by atoms with van der Waals surface area (Å²) in [6.45, 7) is 4.16. The molecule has 0 spiro atoms. The Morgan fingerprint density at radius 1 is 1.32 bits per heavy atom. The molecule has 1 aliphatic rings. The molecule has 0 bridgehead atoms. The average Bonchev–Trinajstić information content (AvgIpc) is 3.05. The molecule has 19 heavy (non-hydrogen) atoms. The molecule has 0 aliphatic heterocycles. The van der Waals surface area contributed by atoms with E-state index in [0.29, 0.717) is 11.3 Å². The third-order valence-corrected chi connectivity index (χ3v) is 3.81. The maximum Gasteiger partial charge on any atom is 0.339 e. The van der Waals surface area contributed by atoms with Crippen LogP contribution in [0.1, 0.15) is 30.6 Å². The highest BCUT2D eigenvalue weighted by Gasteiger charge is 2.51. The van der Waals surface area contributed by atoms with Crippen molar-refractivity contribution in [1.82, 2.24) is 0 Å². The van der Waals surface area contributed by atoms with Crippen LogP contribution in [0.25, 0.3) is 0 Å². The summed E-state index contributed by atoms with van der Waals surface area (Å²) < 4.78 is 4.75. The first kappa shape index (κ1) is 13.6. The van der Waals surface area contributed by atoms with E-state index in [1.165, 1.54) is 7.11 Å². The van der Waals surface area contributed by atoms with Crippen LogP contribution in [-0.2, 0) is 9.53 Å². The van der Waals surface area contributed by atoms with E-state index in [4.69, 9.17) is 4.74 Å². The zero-order chi connectivity index (χ0) is 14.2. The minimum atomic E-state index is -0.426. The molecule has 1 aromatic carbocycles. The van der Waals surface area contributed by atoms with Crippen LogP contribution in [0.3, 0.4) is 0 Å². The van der Waals surface area contributed by atoms with E-state index in [2.05, 4.69) is 13.8 Å². The molecule has 1 atom stereocenters. The van der Waals surface area contributed by atoms with Crippen molar-refractivity contribution in [2.75, 3.05) is 19.1 Å². The fourth-order valence-electron chi connectivity index (χ4n) is 2.29. The number of esters is 1. The summed E-state index contributed by atoms with van der Waals surface area (Å²) in [6.07, 6.45) is 0.899. The Bertz CT molecular complexity index is 522. The van der Waals surface area contributed by atoms with E-state index < -0.39 is 5.97 Å². The second-order valence-electron chi connectivity index (χ2n) is 5.65. The predicted molar refractivity (Wildman–Crippen MR) is 73.1 cm³/mol. The summed E-state index contributed by atoms with van der Waals surface area (Å²) in [7, 11) is 3.05. The molecule has 1 amide bonds. The Kier molecular flexibility index (Phi) is 3.35. The Balaban J connectivity index is 2.27. The highest BCUT2D eigenvalue weighted by Crippen LogP contribution is 2.52. The minimum absolute atomic E-state index is 0.0446. The lowest BCUT2D eigenvalue weighted by Crippen LogP contribution is -2.30. The summed E-state index contributed by atoms with van der Waals surface area (Å²) in [4.78, 5) is 25.6. The normalized spacial score (nSPS) is 19.7. The van der Waals surface area contributed by atoms with Gasteiger partial charge in [-0.2, -0.15) is 0 Å². The Hall–Kier alpha value is -1.84. The van der Waals surface area contributed by atoms with Crippen molar-refractivity contribution in [3.8, 4) is 0 Å². The Morgan fingerprint density at radius 2 is 1.89 bits per heavy atom. The molecule has 0 saturated heterocycles. The third kappa shape index (κ3) is 2.48. The maximum absolute atomic E-state index is 12.4. The SMILES string of the molecule is COC(=O)c1ccccc1N(C)C(=O)C1CC1(C)C. The van der Waals surface area contributed by atoms with Crippen molar-refractivity contribution in [1.29, 1.82) is 0 Å². The fraction of sp³-hybridized carbons (Fsp3) is 0.467. The highest BCUT2D eigenvalue weighted by molar-refractivity contribution is 6.03. The molecule has 1 unspecified atom stereocenters. The van der Waals surface area contributed by atoms with Gasteiger partial charge in [-0.3, -0.25) is 4.79 Å². The first-order valence-electron chi connectivity index (χ1n) is 6.33. The van der Waals surface area contributed by atoms with Gasteiger partial charge in [-0.05, 0) is 24.0 Å². The Morgan fingerprint density at radius 3 is 2.42 bits per heavy atom. The lowest BCUT2D eigenvalue weighted by atomic mass is 10.1. The van der Waals surface area contributed by atoms with E-state index in [9.17, 15) is 9.59 Å². The molecule has 1 fully saturated rings. The Labute approximate surface area is 113 Å². The molecular formula is C15H19NO3. The summed E-state index contributed by atoms with van der Waals surface area (Å²) in [6, 6.07) is 7.00. The number of ether oxygens (including phenoxy) is 1. The number of hydrogen-bond acceptors (Lipinski definition) is 3. The number of carbonyl (C=O) groups is 2. The van der Waals surface area contributed by atoms with Crippen molar-refractivity contribution in [3.63, 3.8) is 0 Å². The van der Waals surface area contributed by atoms with Crippen molar-refractivity contribution in [3.05, 3.63) is 29.8 Å². The van der Waals surface area contributed by atoms with Crippen molar-refractivity contribution in [2.24, 2.45) is 11.3 Å². The number of anilines is 1. The van der Waals surface area contributed by atoms with Gasteiger partial charge in [0.2, 0.25) is 5.91 Å². The molecule has 0 N–H and O–H groups in total. The number of benzene rings is 1. The van der Waals surface area contributed by atoms with Crippen molar-refractivity contribution >= 4 is 17.6 Å². The van der Waals surface area contributed by atoms with Gasteiger partial charge in [-0.1, -0.05) is 26.0 Å². The maximum atomic E-state index is 12.4. The van der Waals surface area contributed by atoms with Gasteiger partial charge in [0.1, 0.15) is 0 Å². The second kappa shape index (κ2) is 4.68. The van der Waals surface area contributed by atoms with E-state index >= 15 is 0 Å². The molecule has 2 rings (SSSR count). The number of amides is 1. The number of rotatable bonds is 3. The van der Waals surface area contributed by atoms with Gasteiger partial charge < -0.3 is 9.64 Å². The number of hydrogen-bond donors (Lipinski definition) is 0. The van der Waals surface area contributed by atoms with Crippen LogP contribution < -0.4 is 4.90 Å². The molecule has 4 heteroatoms. The number of para-hydroxylation sites is 1. The second-order valence-corrected chi connectivity index (χ2v) is 5.65. The molecular weight excluding hydrogens is 242 g/mol. The zero-order valence-corrected chi connectivity index (χ0v) is 11.8. The van der Waals surface area contributed by atoms with Gasteiger partial charge in [0.05, 0.1) is 18.4 Å². The van der Waals surface area contributed by atoms with Crippen LogP contribution in [0.5, 0.6) is 0 Å². The minimum Gasteiger partial charge on any atom is -0.465 e. The summed E-state index contributed by atoms with van der Waals surface area (Å²) >= 11 is 0. The standard InChI is InChI=1S/C15H19NO3/c1-15(2)9-11(15)13(17)16(3)12-8-6-5-7-10(12)14(18)19-4/h5-8,11H,9H2,1-4H3. The topological polar surface area (TPSA) is 46.6 Å². The molecule has 0 heterocycles. The summed E-state index contributed by atoms with van der Waals surface area (Å²) in [5.41, 5.74) is 1.09. The van der Waals surface area contributed by atoms with E-state index in [-0.39, 0.29) is 17.2 Å². The van der Waals surface area contributed by atoms with Gasteiger partial charge in [0, 0.05) is 13.0 Å². The first-order chi connectivity index (χ1) is 8.88. The fourth-order valence-corrected chi connectivity index (χ4v) is 2.29. The number of methoxy groups -OCH3 is 1. The van der Waals surface area contributed by atoms with Gasteiger partial charge in [0.25, 0.3) is 0 Å². The van der Waals surface area contributed by atoms with Crippen LogP contribution in [0.2, 0.25) is 0 Å². The molecule has 4 nitrogen and oxygen atoms in total. The molecule has 0 aromatic heterocycles. The summed E-state index contributed by atoms with van der Waals surface area (Å²) in [5, 5.41) is 0. The molecule has 0 radical (unpaired) electrons. The molecule has 1 aliphatic carbocycles. The monoisotopic (exact) mass is 261 g/mol. The smallest absolute Gasteiger partial charge is 0.339 e. The van der Waals surface area contributed by atoms with Gasteiger partial charge in [0.15, 0.2) is 0 Å². The quantitative estimate of drug-likeness (QED) is 0.785. The summed E-state index contributed by atoms with van der Waals surface area (Å²) in [5.74, 6) is -0.324. The number of carbonyl (C=O) groups excluding carboxylic acids is 2. The van der Waals surface area contributed by atoms with Gasteiger partial charge in [-0.15, -0.1) is 0 Å². The molecule has 102 valence electrons. The lowest BCUT2D eigenvalue weighted by Gasteiger charge is -2.20. The van der Waals surface area contributed by atoms with Crippen LogP contribution >= 0.6 is 0 Å². The largest absolute Gasteiger partial charge is 0.465 e. The van der Waals surface area contributed by atoms with Crippen LogP contribution in [0.15, 0.2) is 24.3 Å². The molecule has 1 aromatic rings. The van der Waals surface area contributed by atoms with Gasteiger partial charge >= 0.3 is 5.97 Å². The predicted octanol–water partition coefficient (Wildman–Crippen LogP) is 2.48. The zero-order valence-electron chi connectivity index (χ0n) is 11.8. The van der Waals surface area contributed by atoms with E-state index in [0.717, 1.165) is 6.42 Å². The third-order valence-electron chi connectivity index (χ3n) is 3.81. The number of nitrogens with zero attached hydrogens (tertiary/aromatic N) is 1. The van der Waals surface area contributed by atoms with Gasteiger partial charge in [-0.25, -0.2) is 4.79 Å². The first-order valence-corrected chi connectivity index (χ1v) is 6.33. The highest BCUT2D eigenvalue weighted by atomic mass is 16.5. The van der Waals surface area contributed by atoms with Crippen LogP contribution in [0, 0.1) is 11.3 Å². The van der Waals surface area contributed by atoms with Crippen molar-refractivity contribution < 1.29 is 14.3 Å². The van der Waals surface area contributed by atoms with Crippen LogP contribution in [0.4, 0.5) is 5.69 Å². The van der Waals surface area contributed by atoms with Crippen molar-refractivity contribution in [2.45, 2.75) is 20.3 Å². The van der Waals surface area contributed by atoms with Crippen LogP contribution in [-0.4, -0.2) is 26.0 Å². The van der Waals surface area contributed by atoms with E-state index in [1.807, 2.05) is 6.07 Å².